The molecule has 5 nitrogen and oxygen atoms in total. The number of esters is 1. The third-order valence-corrected chi connectivity index (χ3v) is 6.93. The molecular formula is C22H34O5. The van der Waals surface area contributed by atoms with Crippen LogP contribution in [0.25, 0.3) is 0 Å². The van der Waals surface area contributed by atoms with Gasteiger partial charge in [-0.15, -0.1) is 0 Å². The molecule has 2 N–H and O–H groups in total. The van der Waals surface area contributed by atoms with Crippen LogP contribution < -0.4 is 0 Å². The molecule has 5 heteroatoms. The second-order valence-electron chi connectivity index (χ2n) is 9.12. The van der Waals surface area contributed by atoms with Crippen LogP contribution in [-0.4, -0.2) is 41.3 Å². The average molecular weight is 379 g/mol. The Morgan fingerprint density at radius 1 is 1.30 bits per heavy atom. The number of carbonyl (C=O) groups is 2. The molecule has 27 heavy (non-hydrogen) atoms. The van der Waals surface area contributed by atoms with Crippen LogP contribution in [0, 0.1) is 22.7 Å². The summed E-state index contributed by atoms with van der Waals surface area (Å²) in [5.74, 6) is -0.189. The second-order valence-corrected chi connectivity index (χ2v) is 9.12. The third-order valence-electron chi connectivity index (χ3n) is 6.93. The van der Waals surface area contributed by atoms with Gasteiger partial charge < -0.3 is 14.9 Å². The SMILES string of the molecule is C=C1[C@H](O)C[C@H]2[C@@](C)(COC(C)=O)C[C@H](O)C[C@]2(C)[C@H]1CC/C(C)=C/C=O. The van der Waals surface area contributed by atoms with E-state index in [1.54, 1.807) is 6.08 Å². The van der Waals surface area contributed by atoms with Crippen molar-refractivity contribution in [2.24, 2.45) is 22.7 Å². The zero-order valence-electron chi connectivity index (χ0n) is 17.0. The summed E-state index contributed by atoms with van der Waals surface area (Å²) in [5.41, 5.74) is 1.17. The Morgan fingerprint density at radius 2 is 1.96 bits per heavy atom. The Balaban J connectivity index is 2.35. The van der Waals surface area contributed by atoms with Crippen LogP contribution >= 0.6 is 0 Å². The number of carbonyl (C=O) groups excluding carboxylic acids is 2. The van der Waals surface area contributed by atoms with Gasteiger partial charge in [0.05, 0.1) is 18.8 Å². The van der Waals surface area contributed by atoms with Crippen molar-refractivity contribution in [1.29, 1.82) is 0 Å². The number of fused-ring (bicyclic) bond motifs is 1. The lowest BCUT2D eigenvalue weighted by molar-refractivity contribution is -0.167. The van der Waals surface area contributed by atoms with Crippen LogP contribution in [0.15, 0.2) is 23.8 Å². The molecule has 0 bridgehead atoms. The van der Waals surface area contributed by atoms with E-state index in [2.05, 4.69) is 20.4 Å². The molecule has 6 atom stereocenters. The number of hydrogen-bond acceptors (Lipinski definition) is 5. The van der Waals surface area contributed by atoms with Gasteiger partial charge in [-0.2, -0.15) is 0 Å². The quantitative estimate of drug-likeness (QED) is 0.321. The molecule has 0 unspecified atom stereocenters. The Kier molecular flexibility index (Phi) is 6.69. The summed E-state index contributed by atoms with van der Waals surface area (Å²) in [5, 5.41) is 21.4. The van der Waals surface area contributed by atoms with Crippen molar-refractivity contribution < 1.29 is 24.5 Å². The predicted molar refractivity (Wildman–Crippen MR) is 104 cm³/mol. The number of aldehydes is 1. The molecule has 152 valence electrons. The van der Waals surface area contributed by atoms with Crippen molar-refractivity contribution in [2.75, 3.05) is 6.61 Å². The topological polar surface area (TPSA) is 83.8 Å². The van der Waals surface area contributed by atoms with Crippen LogP contribution in [0.2, 0.25) is 0 Å². The number of ether oxygens (including phenoxy) is 1. The van der Waals surface area contributed by atoms with E-state index >= 15 is 0 Å². The first-order chi connectivity index (χ1) is 12.5. The number of aliphatic hydroxyl groups excluding tert-OH is 2. The molecule has 0 aromatic heterocycles. The fourth-order valence-corrected chi connectivity index (χ4v) is 5.68. The smallest absolute Gasteiger partial charge is 0.302 e. The zero-order valence-corrected chi connectivity index (χ0v) is 17.0. The first-order valence-electron chi connectivity index (χ1n) is 9.82. The lowest BCUT2D eigenvalue weighted by Crippen LogP contribution is -2.58. The van der Waals surface area contributed by atoms with Gasteiger partial charge in [0.15, 0.2) is 0 Å². The van der Waals surface area contributed by atoms with E-state index in [9.17, 15) is 19.8 Å². The van der Waals surface area contributed by atoms with Gasteiger partial charge in [-0.25, -0.2) is 0 Å². The van der Waals surface area contributed by atoms with Crippen molar-refractivity contribution in [1.82, 2.24) is 0 Å². The molecule has 0 heterocycles. The third kappa shape index (κ3) is 4.52. The minimum Gasteiger partial charge on any atom is -0.465 e. The molecule has 0 amide bonds. The van der Waals surface area contributed by atoms with Gasteiger partial charge in [-0.05, 0) is 67.9 Å². The minimum absolute atomic E-state index is 0.0351. The van der Waals surface area contributed by atoms with Crippen LogP contribution in [0.3, 0.4) is 0 Å². The van der Waals surface area contributed by atoms with Crippen LogP contribution in [0.4, 0.5) is 0 Å². The molecular weight excluding hydrogens is 344 g/mol. The minimum atomic E-state index is -0.602. The molecule has 0 radical (unpaired) electrons. The normalized spacial score (nSPS) is 39.6. The summed E-state index contributed by atoms with van der Waals surface area (Å²) in [4.78, 5) is 22.1. The highest BCUT2D eigenvalue weighted by molar-refractivity contribution is 5.66. The molecule has 2 aliphatic rings. The standard InChI is InChI=1S/C22H34O5/c1-14(8-9-23)6-7-18-15(2)19(26)10-20-21(4,13-27-16(3)24)11-17(25)12-22(18,20)5/h8-9,17-20,25-26H,2,6-7,10-13H2,1,3-5H3/b14-8+/t17-,18-,19+,20-,21+,22+/m0/s1. The molecule has 2 rings (SSSR count). The number of hydrogen-bond donors (Lipinski definition) is 2. The summed E-state index contributed by atoms with van der Waals surface area (Å²) < 4.78 is 5.35. The Morgan fingerprint density at radius 3 is 2.56 bits per heavy atom. The molecule has 2 fully saturated rings. The molecule has 0 aromatic rings. The monoisotopic (exact) mass is 378 g/mol. The first-order valence-corrected chi connectivity index (χ1v) is 9.82. The summed E-state index contributed by atoms with van der Waals surface area (Å²) >= 11 is 0. The summed E-state index contributed by atoms with van der Waals surface area (Å²) in [7, 11) is 0. The van der Waals surface area contributed by atoms with Crippen molar-refractivity contribution in [3.8, 4) is 0 Å². The van der Waals surface area contributed by atoms with Crippen LogP contribution in [0.5, 0.6) is 0 Å². The van der Waals surface area contributed by atoms with E-state index < -0.39 is 17.6 Å². The highest BCUT2D eigenvalue weighted by Gasteiger charge is 2.58. The average Bonchev–Trinajstić information content (AvgIpc) is 2.55. The van der Waals surface area contributed by atoms with Crippen molar-refractivity contribution in [2.45, 2.75) is 72.0 Å². The van der Waals surface area contributed by atoms with Gasteiger partial charge in [-0.1, -0.05) is 26.0 Å². The van der Waals surface area contributed by atoms with Gasteiger partial charge in [0.25, 0.3) is 0 Å². The fraction of sp³-hybridized carbons (Fsp3) is 0.727. The predicted octanol–water partition coefficient (Wildman–Crippen LogP) is 3.20. The highest BCUT2D eigenvalue weighted by Crippen LogP contribution is 2.62. The van der Waals surface area contributed by atoms with Crippen molar-refractivity contribution >= 4 is 12.3 Å². The summed E-state index contributed by atoms with van der Waals surface area (Å²) in [6.07, 6.45) is 4.56. The molecule has 0 aromatic carbocycles. The first kappa shape index (κ1) is 21.8. The van der Waals surface area contributed by atoms with Gasteiger partial charge in [-0.3, -0.25) is 9.59 Å². The fourth-order valence-electron chi connectivity index (χ4n) is 5.68. The molecule has 0 spiro atoms. The van der Waals surface area contributed by atoms with E-state index in [1.165, 1.54) is 6.92 Å². The lowest BCUT2D eigenvalue weighted by Gasteiger charge is -2.60. The Labute approximate surface area is 162 Å². The Bertz CT molecular complexity index is 624. The van der Waals surface area contributed by atoms with Gasteiger partial charge in [0.1, 0.15) is 6.29 Å². The maximum absolute atomic E-state index is 11.4. The van der Waals surface area contributed by atoms with Crippen molar-refractivity contribution in [3.05, 3.63) is 23.8 Å². The molecule has 0 aliphatic heterocycles. The van der Waals surface area contributed by atoms with E-state index in [1.807, 2.05) is 6.92 Å². The maximum Gasteiger partial charge on any atom is 0.302 e. The van der Waals surface area contributed by atoms with E-state index in [0.29, 0.717) is 19.3 Å². The van der Waals surface area contributed by atoms with Gasteiger partial charge >= 0.3 is 5.97 Å². The summed E-state index contributed by atoms with van der Waals surface area (Å²) in [6.45, 7) is 12.0. The summed E-state index contributed by atoms with van der Waals surface area (Å²) in [6, 6.07) is 0. The second kappa shape index (κ2) is 8.27. The Hall–Kier alpha value is -1.46. The van der Waals surface area contributed by atoms with Crippen LogP contribution in [0.1, 0.15) is 59.8 Å². The van der Waals surface area contributed by atoms with Gasteiger partial charge in [0, 0.05) is 12.3 Å². The largest absolute Gasteiger partial charge is 0.465 e. The van der Waals surface area contributed by atoms with Crippen molar-refractivity contribution in [3.63, 3.8) is 0 Å². The number of allylic oxidation sites excluding steroid dienone is 2. The van der Waals surface area contributed by atoms with E-state index in [-0.39, 0.29) is 29.8 Å². The molecule has 0 saturated heterocycles. The number of rotatable bonds is 6. The van der Waals surface area contributed by atoms with E-state index in [0.717, 1.165) is 30.3 Å². The van der Waals surface area contributed by atoms with Crippen LogP contribution in [-0.2, 0) is 14.3 Å². The van der Waals surface area contributed by atoms with Gasteiger partial charge in [0.2, 0.25) is 0 Å². The molecule has 2 aliphatic carbocycles. The lowest BCUT2D eigenvalue weighted by atomic mass is 9.45. The zero-order chi connectivity index (χ0) is 20.4. The number of aliphatic hydroxyl groups is 2. The highest BCUT2D eigenvalue weighted by atomic mass is 16.5. The molecule has 2 saturated carbocycles. The maximum atomic E-state index is 11.4. The van der Waals surface area contributed by atoms with E-state index in [4.69, 9.17) is 4.74 Å².